The fourth-order valence-corrected chi connectivity index (χ4v) is 2.28. The molecule has 1 N–H and O–H groups in total. The largest absolute Gasteiger partial charge is 0.384 e. The van der Waals surface area contributed by atoms with E-state index in [1.165, 1.54) is 25.9 Å². The van der Waals surface area contributed by atoms with Gasteiger partial charge in [-0.05, 0) is 38.9 Å². The predicted octanol–water partition coefficient (Wildman–Crippen LogP) is 2.41. The number of nitrogens with one attached hydrogen (secondary N) is 1. The number of anilines is 1. The Bertz CT molecular complexity index is 428. The Morgan fingerprint density at radius 3 is 2.78 bits per heavy atom. The molecule has 1 aromatic rings. The first-order chi connectivity index (χ1) is 8.66. The first-order valence-corrected chi connectivity index (χ1v) is 6.38. The summed E-state index contributed by atoms with van der Waals surface area (Å²) in [6, 6.07) is 5.29. The van der Waals surface area contributed by atoms with Crippen molar-refractivity contribution in [3.63, 3.8) is 0 Å². The Hall–Kier alpha value is -1.62. The van der Waals surface area contributed by atoms with E-state index in [0.717, 1.165) is 18.8 Å². The maximum atomic E-state index is 10.8. The molecule has 1 aromatic carbocycles. The molecule has 1 aliphatic heterocycles. The van der Waals surface area contributed by atoms with E-state index in [-0.39, 0.29) is 10.6 Å². The summed E-state index contributed by atoms with van der Waals surface area (Å²) in [5, 5.41) is 14.1. The highest BCUT2D eigenvalue weighted by Crippen LogP contribution is 2.22. The molecule has 1 saturated heterocycles. The van der Waals surface area contributed by atoms with Crippen LogP contribution < -0.4 is 5.32 Å². The van der Waals surface area contributed by atoms with Gasteiger partial charge in [0.25, 0.3) is 5.69 Å². The monoisotopic (exact) mass is 249 g/mol. The second-order valence-corrected chi connectivity index (χ2v) is 4.73. The van der Waals surface area contributed by atoms with Crippen LogP contribution in [0.1, 0.15) is 18.4 Å². The van der Waals surface area contributed by atoms with E-state index in [9.17, 15) is 10.1 Å². The fourth-order valence-electron chi connectivity index (χ4n) is 2.28. The van der Waals surface area contributed by atoms with Gasteiger partial charge in [-0.1, -0.05) is 6.07 Å². The number of likely N-dealkylation sites (tertiary alicyclic amines) is 1. The molecule has 0 bridgehead atoms. The van der Waals surface area contributed by atoms with Gasteiger partial charge >= 0.3 is 0 Å². The third-order valence-electron chi connectivity index (χ3n) is 3.36. The highest BCUT2D eigenvalue weighted by molar-refractivity contribution is 5.54. The number of rotatable bonds is 5. The van der Waals surface area contributed by atoms with E-state index in [4.69, 9.17) is 0 Å². The van der Waals surface area contributed by atoms with Crippen LogP contribution in [0.3, 0.4) is 0 Å². The van der Waals surface area contributed by atoms with Gasteiger partial charge in [-0.3, -0.25) is 10.1 Å². The number of aryl methyl sites for hydroxylation is 1. The SMILES string of the molecule is Cc1ccc(NCCN2CCCC2)cc1[N+](=O)[O-]. The van der Waals surface area contributed by atoms with E-state index < -0.39 is 0 Å². The fraction of sp³-hybridized carbons (Fsp3) is 0.538. The van der Waals surface area contributed by atoms with Crippen molar-refractivity contribution >= 4 is 11.4 Å². The number of hydrogen-bond acceptors (Lipinski definition) is 4. The van der Waals surface area contributed by atoms with Gasteiger partial charge < -0.3 is 10.2 Å². The normalized spacial score (nSPS) is 15.8. The zero-order valence-corrected chi connectivity index (χ0v) is 10.7. The van der Waals surface area contributed by atoms with Gasteiger partial charge in [-0.25, -0.2) is 0 Å². The quantitative estimate of drug-likeness (QED) is 0.643. The third-order valence-corrected chi connectivity index (χ3v) is 3.36. The lowest BCUT2D eigenvalue weighted by molar-refractivity contribution is -0.385. The first kappa shape index (κ1) is 12.8. The Morgan fingerprint density at radius 2 is 2.11 bits per heavy atom. The minimum Gasteiger partial charge on any atom is -0.384 e. The maximum absolute atomic E-state index is 10.8. The Balaban J connectivity index is 1.88. The van der Waals surface area contributed by atoms with Crippen molar-refractivity contribution in [2.24, 2.45) is 0 Å². The van der Waals surface area contributed by atoms with Crippen molar-refractivity contribution in [2.45, 2.75) is 19.8 Å². The minimum absolute atomic E-state index is 0.182. The number of nitro benzene ring substituents is 1. The molecule has 0 spiro atoms. The summed E-state index contributed by atoms with van der Waals surface area (Å²) in [5.41, 5.74) is 1.71. The summed E-state index contributed by atoms with van der Waals surface area (Å²) in [6.07, 6.45) is 2.58. The Kier molecular flexibility index (Phi) is 4.15. The third kappa shape index (κ3) is 3.20. The number of hydrogen-bond donors (Lipinski definition) is 1. The molecule has 0 atom stereocenters. The van der Waals surface area contributed by atoms with Crippen molar-refractivity contribution in [2.75, 3.05) is 31.5 Å². The summed E-state index contributed by atoms with van der Waals surface area (Å²) >= 11 is 0. The summed E-state index contributed by atoms with van der Waals surface area (Å²) in [7, 11) is 0. The molecule has 5 heteroatoms. The van der Waals surface area contributed by atoms with Crippen LogP contribution in [0.25, 0.3) is 0 Å². The van der Waals surface area contributed by atoms with Crippen molar-refractivity contribution in [1.29, 1.82) is 0 Å². The van der Waals surface area contributed by atoms with Crippen LogP contribution in [-0.4, -0.2) is 36.0 Å². The van der Waals surface area contributed by atoms with E-state index in [1.807, 2.05) is 6.07 Å². The van der Waals surface area contributed by atoms with Crippen LogP contribution in [0.2, 0.25) is 0 Å². The van der Waals surface area contributed by atoms with E-state index in [2.05, 4.69) is 10.2 Å². The molecule has 0 amide bonds. The average molecular weight is 249 g/mol. The topological polar surface area (TPSA) is 58.4 Å². The predicted molar refractivity (Wildman–Crippen MR) is 72.0 cm³/mol. The molecule has 0 radical (unpaired) electrons. The molecule has 1 heterocycles. The van der Waals surface area contributed by atoms with Crippen molar-refractivity contribution in [1.82, 2.24) is 4.90 Å². The number of nitrogens with zero attached hydrogens (tertiary/aromatic N) is 2. The molecule has 2 rings (SSSR count). The van der Waals surface area contributed by atoms with Crippen LogP contribution in [-0.2, 0) is 0 Å². The lowest BCUT2D eigenvalue weighted by atomic mass is 10.2. The van der Waals surface area contributed by atoms with E-state index >= 15 is 0 Å². The highest BCUT2D eigenvalue weighted by Gasteiger charge is 2.12. The second kappa shape index (κ2) is 5.82. The zero-order chi connectivity index (χ0) is 13.0. The lowest BCUT2D eigenvalue weighted by Gasteiger charge is -2.15. The standard InChI is InChI=1S/C13H19N3O2/c1-11-4-5-12(10-13(11)16(17)18)14-6-9-15-7-2-3-8-15/h4-5,10,14H,2-3,6-9H2,1H3. The molecule has 1 fully saturated rings. The average Bonchev–Trinajstić information content (AvgIpc) is 2.84. The second-order valence-electron chi connectivity index (χ2n) is 4.73. The maximum Gasteiger partial charge on any atom is 0.274 e. The van der Waals surface area contributed by atoms with Crippen LogP contribution in [0, 0.1) is 17.0 Å². The lowest BCUT2D eigenvalue weighted by Crippen LogP contribution is -2.25. The molecular weight excluding hydrogens is 230 g/mol. The number of benzene rings is 1. The van der Waals surface area contributed by atoms with Crippen LogP contribution in [0.4, 0.5) is 11.4 Å². The summed E-state index contributed by atoms with van der Waals surface area (Å²) in [6.45, 7) is 5.94. The van der Waals surface area contributed by atoms with Crippen molar-refractivity contribution in [3.8, 4) is 0 Å². The van der Waals surface area contributed by atoms with Gasteiger partial charge in [0.1, 0.15) is 0 Å². The molecule has 98 valence electrons. The minimum atomic E-state index is -0.332. The summed E-state index contributed by atoms with van der Waals surface area (Å²) in [4.78, 5) is 12.9. The summed E-state index contributed by atoms with van der Waals surface area (Å²) in [5.74, 6) is 0. The van der Waals surface area contributed by atoms with Crippen LogP contribution >= 0.6 is 0 Å². The van der Waals surface area contributed by atoms with Crippen molar-refractivity contribution in [3.05, 3.63) is 33.9 Å². The Labute approximate surface area is 107 Å². The van der Waals surface area contributed by atoms with Crippen LogP contribution in [0.15, 0.2) is 18.2 Å². The van der Waals surface area contributed by atoms with Crippen molar-refractivity contribution < 1.29 is 4.92 Å². The molecule has 18 heavy (non-hydrogen) atoms. The highest BCUT2D eigenvalue weighted by atomic mass is 16.6. The first-order valence-electron chi connectivity index (χ1n) is 6.38. The van der Waals surface area contributed by atoms with E-state index in [0.29, 0.717) is 5.56 Å². The molecule has 0 aromatic heterocycles. The van der Waals surface area contributed by atoms with Gasteiger partial charge in [-0.2, -0.15) is 0 Å². The van der Waals surface area contributed by atoms with Gasteiger partial charge in [-0.15, -0.1) is 0 Å². The smallest absolute Gasteiger partial charge is 0.274 e. The zero-order valence-electron chi connectivity index (χ0n) is 10.7. The molecule has 0 unspecified atom stereocenters. The van der Waals surface area contributed by atoms with E-state index in [1.54, 1.807) is 19.1 Å². The summed E-state index contributed by atoms with van der Waals surface area (Å²) < 4.78 is 0. The molecule has 5 nitrogen and oxygen atoms in total. The molecular formula is C13H19N3O2. The molecule has 0 saturated carbocycles. The van der Waals surface area contributed by atoms with Crippen LogP contribution in [0.5, 0.6) is 0 Å². The Morgan fingerprint density at radius 1 is 1.39 bits per heavy atom. The van der Waals surface area contributed by atoms with Gasteiger partial charge in [0.2, 0.25) is 0 Å². The van der Waals surface area contributed by atoms with Gasteiger partial charge in [0.15, 0.2) is 0 Å². The molecule has 1 aliphatic rings. The van der Waals surface area contributed by atoms with Gasteiger partial charge in [0.05, 0.1) is 4.92 Å². The number of nitro groups is 1. The molecule has 0 aliphatic carbocycles. The van der Waals surface area contributed by atoms with Gasteiger partial charge in [0, 0.05) is 30.4 Å².